The highest BCUT2D eigenvalue weighted by atomic mass is 35.5. The molecule has 0 radical (unpaired) electrons. The summed E-state index contributed by atoms with van der Waals surface area (Å²) in [5.41, 5.74) is 2.34. The summed E-state index contributed by atoms with van der Waals surface area (Å²) < 4.78 is 0. The van der Waals surface area contributed by atoms with Crippen molar-refractivity contribution in [2.24, 2.45) is 0 Å². The van der Waals surface area contributed by atoms with Crippen molar-refractivity contribution < 1.29 is 0 Å². The molecule has 0 aliphatic carbocycles. The van der Waals surface area contributed by atoms with E-state index >= 15 is 0 Å². The number of hydrogen-bond donors (Lipinski definition) is 0. The van der Waals surface area contributed by atoms with Crippen molar-refractivity contribution in [2.45, 2.75) is 12.8 Å². The van der Waals surface area contributed by atoms with E-state index < -0.39 is 0 Å². The Kier molecular flexibility index (Phi) is 3.87. The zero-order chi connectivity index (χ0) is 11.4. The Bertz CT molecular complexity index is 432. The maximum atomic E-state index is 6.10. The lowest BCUT2D eigenvalue weighted by molar-refractivity contribution is 0.961. The predicted octanol–water partition coefficient (Wildman–Crippen LogP) is 4.78. The summed E-state index contributed by atoms with van der Waals surface area (Å²) in [5, 5.41) is 1.66. The van der Waals surface area contributed by atoms with Gasteiger partial charge in [0.2, 0.25) is 0 Å². The first-order valence-electron chi connectivity index (χ1n) is 5.24. The van der Waals surface area contributed by atoms with E-state index in [1.807, 2.05) is 36.4 Å². The molecule has 2 rings (SSSR count). The van der Waals surface area contributed by atoms with Crippen LogP contribution in [0.5, 0.6) is 0 Å². The standard InChI is InChI=1S/C14H12Cl2/c15-13-7-3-1-5-11(13)9-10-12-6-2-4-8-14(12)16/h1-8H,9-10H2. The van der Waals surface area contributed by atoms with Crippen LogP contribution in [-0.4, -0.2) is 0 Å². The van der Waals surface area contributed by atoms with Crippen LogP contribution in [0.2, 0.25) is 10.0 Å². The van der Waals surface area contributed by atoms with Crippen molar-refractivity contribution in [1.29, 1.82) is 0 Å². The largest absolute Gasteiger partial charge is 0.0840 e. The topological polar surface area (TPSA) is 0 Å². The van der Waals surface area contributed by atoms with Crippen LogP contribution in [0.1, 0.15) is 11.1 Å². The Morgan fingerprint density at radius 1 is 0.625 bits per heavy atom. The molecule has 2 aromatic carbocycles. The van der Waals surface area contributed by atoms with Gasteiger partial charge in [0.15, 0.2) is 0 Å². The molecular formula is C14H12Cl2. The number of aryl methyl sites for hydroxylation is 2. The minimum Gasteiger partial charge on any atom is -0.0840 e. The molecule has 0 amide bonds. The number of benzene rings is 2. The van der Waals surface area contributed by atoms with Gasteiger partial charge in [0.25, 0.3) is 0 Å². The SMILES string of the molecule is Clc1ccccc1CCc1ccccc1Cl. The van der Waals surface area contributed by atoms with Crippen LogP contribution < -0.4 is 0 Å². The molecule has 0 fully saturated rings. The maximum absolute atomic E-state index is 6.10. The molecule has 0 bridgehead atoms. The summed E-state index contributed by atoms with van der Waals surface area (Å²) >= 11 is 12.2. The van der Waals surface area contributed by atoms with E-state index in [2.05, 4.69) is 12.1 Å². The van der Waals surface area contributed by atoms with Gasteiger partial charge in [-0.15, -0.1) is 0 Å². The van der Waals surface area contributed by atoms with Gasteiger partial charge in [0, 0.05) is 10.0 Å². The molecule has 0 aliphatic rings. The lowest BCUT2D eigenvalue weighted by Gasteiger charge is -2.05. The minimum absolute atomic E-state index is 0.828. The molecule has 0 nitrogen and oxygen atoms in total. The van der Waals surface area contributed by atoms with E-state index in [0.717, 1.165) is 22.9 Å². The molecule has 2 aromatic rings. The van der Waals surface area contributed by atoms with Gasteiger partial charge in [-0.1, -0.05) is 59.6 Å². The zero-order valence-corrected chi connectivity index (χ0v) is 10.3. The fourth-order valence-corrected chi connectivity index (χ4v) is 2.13. The molecule has 0 atom stereocenters. The number of rotatable bonds is 3. The van der Waals surface area contributed by atoms with Gasteiger partial charge in [-0.2, -0.15) is 0 Å². The van der Waals surface area contributed by atoms with Crippen LogP contribution in [0.25, 0.3) is 0 Å². The third-order valence-corrected chi connectivity index (χ3v) is 3.32. The average molecular weight is 251 g/mol. The van der Waals surface area contributed by atoms with Crippen LogP contribution in [0.4, 0.5) is 0 Å². The Labute approximate surface area is 106 Å². The first-order valence-corrected chi connectivity index (χ1v) is 6.00. The Morgan fingerprint density at radius 2 is 1.00 bits per heavy atom. The third kappa shape index (κ3) is 2.78. The molecule has 16 heavy (non-hydrogen) atoms. The first-order chi connectivity index (χ1) is 7.77. The van der Waals surface area contributed by atoms with Gasteiger partial charge >= 0.3 is 0 Å². The van der Waals surface area contributed by atoms with Crippen molar-refractivity contribution in [3.8, 4) is 0 Å². The highest BCUT2D eigenvalue weighted by Gasteiger charge is 2.02. The smallest absolute Gasteiger partial charge is 0.0438 e. The molecule has 0 aromatic heterocycles. The van der Waals surface area contributed by atoms with E-state index in [9.17, 15) is 0 Å². The minimum atomic E-state index is 0.828. The Morgan fingerprint density at radius 3 is 1.38 bits per heavy atom. The Balaban J connectivity index is 2.09. The van der Waals surface area contributed by atoms with Gasteiger partial charge in [-0.25, -0.2) is 0 Å². The van der Waals surface area contributed by atoms with Crippen LogP contribution >= 0.6 is 23.2 Å². The number of halogens is 2. The van der Waals surface area contributed by atoms with Gasteiger partial charge < -0.3 is 0 Å². The van der Waals surface area contributed by atoms with Crippen LogP contribution in [0, 0.1) is 0 Å². The molecule has 82 valence electrons. The molecule has 0 saturated heterocycles. The zero-order valence-electron chi connectivity index (χ0n) is 8.79. The summed E-state index contributed by atoms with van der Waals surface area (Å²) in [6.07, 6.45) is 1.84. The summed E-state index contributed by atoms with van der Waals surface area (Å²) in [7, 11) is 0. The lowest BCUT2D eigenvalue weighted by atomic mass is 10.0. The molecule has 2 heteroatoms. The van der Waals surface area contributed by atoms with Crippen molar-refractivity contribution in [3.05, 3.63) is 69.7 Å². The van der Waals surface area contributed by atoms with Gasteiger partial charge in [0.05, 0.1) is 0 Å². The van der Waals surface area contributed by atoms with Crippen molar-refractivity contribution in [2.75, 3.05) is 0 Å². The van der Waals surface area contributed by atoms with E-state index in [1.165, 1.54) is 11.1 Å². The monoisotopic (exact) mass is 250 g/mol. The van der Waals surface area contributed by atoms with Gasteiger partial charge in [-0.3, -0.25) is 0 Å². The molecule has 0 saturated carbocycles. The van der Waals surface area contributed by atoms with Gasteiger partial charge in [0.1, 0.15) is 0 Å². The summed E-state index contributed by atoms with van der Waals surface area (Å²) in [4.78, 5) is 0. The van der Waals surface area contributed by atoms with Crippen LogP contribution in [0.3, 0.4) is 0 Å². The van der Waals surface area contributed by atoms with E-state index in [0.29, 0.717) is 0 Å². The molecular weight excluding hydrogens is 239 g/mol. The molecule has 0 aliphatic heterocycles. The van der Waals surface area contributed by atoms with E-state index in [1.54, 1.807) is 0 Å². The molecule has 0 unspecified atom stereocenters. The fraction of sp³-hybridized carbons (Fsp3) is 0.143. The predicted molar refractivity (Wildman–Crippen MR) is 70.3 cm³/mol. The molecule has 0 N–H and O–H groups in total. The fourth-order valence-electron chi connectivity index (χ4n) is 1.67. The number of hydrogen-bond acceptors (Lipinski definition) is 0. The summed E-state index contributed by atoms with van der Waals surface area (Å²) in [5.74, 6) is 0. The lowest BCUT2D eigenvalue weighted by Crippen LogP contribution is -1.92. The van der Waals surface area contributed by atoms with Crippen molar-refractivity contribution >= 4 is 23.2 Å². The summed E-state index contributed by atoms with van der Waals surface area (Å²) in [6.45, 7) is 0. The second kappa shape index (κ2) is 5.38. The maximum Gasteiger partial charge on any atom is 0.0438 e. The Hall–Kier alpha value is -0.980. The average Bonchev–Trinajstić information content (AvgIpc) is 2.30. The van der Waals surface area contributed by atoms with Crippen molar-refractivity contribution in [3.63, 3.8) is 0 Å². The first kappa shape index (κ1) is 11.5. The summed E-state index contributed by atoms with van der Waals surface area (Å²) in [6, 6.07) is 15.9. The third-order valence-electron chi connectivity index (χ3n) is 2.58. The van der Waals surface area contributed by atoms with Crippen molar-refractivity contribution in [1.82, 2.24) is 0 Å². The highest BCUT2D eigenvalue weighted by Crippen LogP contribution is 2.20. The molecule has 0 spiro atoms. The second-order valence-electron chi connectivity index (χ2n) is 3.68. The van der Waals surface area contributed by atoms with Crippen LogP contribution in [0.15, 0.2) is 48.5 Å². The van der Waals surface area contributed by atoms with E-state index in [-0.39, 0.29) is 0 Å². The highest BCUT2D eigenvalue weighted by molar-refractivity contribution is 6.31. The van der Waals surface area contributed by atoms with Crippen LogP contribution in [-0.2, 0) is 12.8 Å². The normalized spacial score (nSPS) is 10.4. The van der Waals surface area contributed by atoms with E-state index in [4.69, 9.17) is 23.2 Å². The van der Waals surface area contributed by atoms with Gasteiger partial charge in [-0.05, 0) is 36.1 Å². The quantitative estimate of drug-likeness (QED) is 0.736. The second-order valence-corrected chi connectivity index (χ2v) is 4.50. The molecule has 0 heterocycles.